The van der Waals surface area contributed by atoms with E-state index in [0.29, 0.717) is 12.8 Å². The minimum absolute atomic E-state index is 0.0711. The van der Waals surface area contributed by atoms with Crippen molar-refractivity contribution in [3.05, 3.63) is 230 Å². The lowest BCUT2D eigenvalue weighted by molar-refractivity contribution is 0.590. The summed E-state index contributed by atoms with van der Waals surface area (Å²) in [4.78, 5) is 2.23. The van der Waals surface area contributed by atoms with Gasteiger partial charge in [-0.15, -0.1) is 0 Å². The van der Waals surface area contributed by atoms with E-state index in [0.717, 1.165) is 94.3 Å². The third-order valence-electron chi connectivity index (χ3n) is 11.9. The Morgan fingerprint density at radius 2 is 1.03 bits per heavy atom. The number of fused-ring (bicyclic) bond motifs is 4. The van der Waals surface area contributed by atoms with Gasteiger partial charge in [0.15, 0.2) is 0 Å². The molecular weight excluding hydrogens is 746 g/mol. The normalized spacial score (nSPS) is 12.6. The van der Waals surface area contributed by atoms with Crippen LogP contribution >= 0.6 is 0 Å². The lowest BCUT2D eigenvalue weighted by atomic mass is 9.89. The number of furan rings is 1. The quantitative estimate of drug-likeness (QED) is 0.153. The van der Waals surface area contributed by atoms with Gasteiger partial charge in [0.1, 0.15) is 17.0 Å². The molecule has 2 nitrogen and oxygen atoms in total. The maximum absolute atomic E-state index is 14.0. The van der Waals surface area contributed by atoms with Gasteiger partial charge in [-0.3, -0.25) is 0 Å². The van der Waals surface area contributed by atoms with Gasteiger partial charge in [-0.2, -0.15) is 0 Å². The van der Waals surface area contributed by atoms with E-state index in [1.165, 1.54) is 11.1 Å². The van der Waals surface area contributed by atoms with E-state index in [1.54, 1.807) is 6.08 Å². The standard InChI is InChI=1S/C58H38FNO/c59-48-29-20-44(21-30-48)52-13-6-10-46-11-7-14-53(58(46)52)45-26-35-51(36-27-45)60(49-31-22-42(23-32-49)41-18-16-40(17-19-41)39-8-2-1-3-9-39)50-33-24-43(25-34-50)47-28-37-55-54-12-4-5-15-56(54)61-57(55)38-47/h1-20,22-26,28-29,31-35,37-38H,21,30H2. The molecule has 288 valence electrons. The van der Waals surface area contributed by atoms with Gasteiger partial charge in [0, 0.05) is 34.1 Å². The molecule has 0 N–H and O–H groups in total. The van der Waals surface area contributed by atoms with Crippen molar-refractivity contribution in [3.8, 4) is 44.5 Å². The molecule has 11 rings (SSSR count). The highest BCUT2D eigenvalue weighted by Crippen LogP contribution is 2.40. The van der Waals surface area contributed by atoms with Gasteiger partial charge in [-0.25, -0.2) is 4.39 Å². The van der Waals surface area contributed by atoms with Crippen LogP contribution in [0.1, 0.15) is 18.4 Å². The monoisotopic (exact) mass is 783 g/mol. The number of anilines is 3. The van der Waals surface area contributed by atoms with Crippen molar-refractivity contribution >= 4 is 55.3 Å². The summed E-state index contributed by atoms with van der Waals surface area (Å²) >= 11 is 0. The van der Waals surface area contributed by atoms with Gasteiger partial charge in [-0.05, 0) is 134 Å². The molecule has 0 saturated carbocycles. The van der Waals surface area contributed by atoms with Crippen molar-refractivity contribution in [2.75, 3.05) is 4.90 Å². The molecule has 1 aliphatic rings. The summed E-state index contributed by atoms with van der Waals surface area (Å²) in [5, 5.41) is 4.52. The molecule has 0 fully saturated rings. The summed E-state index contributed by atoms with van der Waals surface area (Å²) in [6, 6.07) is 75.4. The predicted molar refractivity (Wildman–Crippen MR) is 252 cm³/mol. The summed E-state index contributed by atoms with van der Waals surface area (Å²) in [6.45, 7) is 0. The van der Waals surface area contributed by atoms with Crippen LogP contribution in [0.15, 0.2) is 217 Å². The van der Waals surface area contributed by atoms with Crippen molar-refractivity contribution in [1.29, 1.82) is 0 Å². The molecule has 1 heterocycles. The van der Waals surface area contributed by atoms with E-state index in [4.69, 9.17) is 4.42 Å². The van der Waals surface area contributed by atoms with Gasteiger partial charge in [0.2, 0.25) is 0 Å². The number of rotatable bonds is 8. The van der Waals surface area contributed by atoms with E-state index in [9.17, 15) is 4.39 Å². The zero-order valence-electron chi connectivity index (χ0n) is 33.3. The van der Waals surface area contributed by atoms with Gasteiger partial charge < -0.3 is 9.32 Å². The second-order valence-electron chi connectivity index (χ2n) is 15.6. The highest BCUT2D eigenvalue weighted by molar-refractivity contribution is 6.06. The molecule has 3 heteroatoms. The molecule has 10 aromatic rings. The summed E-state index contributed by atoms with van der Waals surface area (Å²) < 4.78 is 20.3. The zero-order valence-corrected chi connectivity index (χ0v) is 33.3. The van der Waals surface area contributed by atoms with Gasteiger partial charge in [-0.1, -0.05) is 152 Å². The summed E-state index contributed by atoms with van der Waals surface area (Å²) in [5.41, 5.74) is 15.9. The van der Waals surface area contributed by atoms with E-state index in [1.807, 2.05) is 30.3 Å². The van der Waals surface area contributed by atoms with Crippen LogP contribution in [0.3, 0.4) is 0 Å². The Labute approximate surface area is 354 Å². The molecule has 0 bridgehead atoms. The number of hydrogen-bond donors (Lipinski definition) is 0. The van der Waals surface area contributed by atoms with Crippen LogP contribution in [0.4, 0.5) is 21.5 Å². The van der Waals surface area contributed by atoms with E-state index < -0.39 is 0 Å². The highest BCUT2D eigenvalue weighted by atomic mass is 19.1. The first kappa shape index (κ1) is 36.2. The molecule has 0 saturated heterocycles. The number of halogens is 1. The van der Waals surface area contributed by atoms with E-state index in [-0.39, 0.29) is 5.83 Å². The van der Waals surface area contributed by atoms with Crippen LogP contribution < -0.4 is 4.90 Å². The molecule has 1 aliphatic carbocycles. The molecule has 9 aromatic carbocycles. The lowest BCUT2D eigenvalue weighted by Crippen LogP contribution is -2.09. The highest BCUT2D eigenvalue weighted by Gasteiger charge is 2.17. The fourth-order valence-electron chi connectivity index (χ4n) is 8.76. The fraction of sp³-hybridized carbons (Fsp3) is 0.0345. The molecule has 61 heavy (non-hydrogen) atoms. The van der Waals surface area contributed by atoms with Crippen molar-refractivity contribution in [1.82, 2.24) is 0 Å². The van der Waals surface area contributed by atoms with Gasteiger partial charge >= 0.3 is 0 Å². The summed E-state index contributed by atoms with van der Waals surface area (Å²) in [7, 11) is 0. The van der Waals surface area contributed by atoms with Gasteiger partial charge in [0.05, 0.1) is 5.69 Å². The smallest absolute Gasteiger partial charge is 0.136 e. The van der Waals surface area contributed by atoms with E-state index >= 15 is 0 Å². The SMILES string of the molecule is FC1=CC=C(c2cccc3cccc(-c4c#cc(N(c5ccc(-c6ccc(-c7ccccc7)cc6)cc5)c5ccc(-c6ccc7c(c6)oc6ccccc67)cc5)cc4)c23)CC1. The Balaban J connectivity index is 0.960. The van der Waals surface area contributed by atoms with Crippen LogP contribution in [-0.4, -0.2) is 0 Å². The zero-order chi connectivity index (χ0) is 40.7. The van der Waals surface area contributed by atoms with Crippen molar-refractivity contribution in [3.63, 3.8) is 0 Å². The van der Waals surface area contributed by atoms with Crippen LogP contribution in [0.2, 0.25) is 0 Å². The van der Waals surface area contributed by atoms with Crippen LogP contribution in [0.5, 0.6) is 0 Å². The topological polar surface area (TPSA) is 16.4 Å². The Bertz CT molecular complexity index is 3260. The van der Waals surface area contributed by atoms with Crippen LogP contribution in [0.25, 0.3) is 82.8 Å². The first-order chi connectivity index (χ1) is 30.1. The molecule has 0 aliphatic heterocycles. The minimum atomic E-state index is -0.0711. The minimum Gasteiger partial charge on any atom is -0.456 e. The van der Waals surface area contributed by atoms with E-state index in [2.05, 4.69) is 187 Å². The lowest BCUT2D eigenvalue weighted by Gasteiger charge is -2.24. The Morgan fingerprint density at radius 3 is 1.69 bits per heavy atom. The van der Waals surface area contributed by atoms with Crippen LogP contribution in [0, 0.1) is 12.1 Å². The Kier molecular flexibility index (Phi) is 9.10. The predicted octanol–water partition coefficient (Wildman–Crippen LogP) is 16.5. The molecule has 0 unspecified atom stereocenters. The maximum Gasteiger partial charge on any atom is 0.136 e. The molecule has 0 amide bonds. The molecule has 0 spiro atoms. The number of allylic oxidation sites excluding steroid dienone is 4. The second-order valence-corrected chi connectivity index (χ2v) is 15.6. The Hall–Kier alpha value is -7.93. The third kappa shape index (κ3) is 6.85. The Morgan fingerprint density at radius 1 is 0.443 bits per heavy atom. The van der Waals surface area contributed by atoms with Crippen molar-refractivity contribution in [2.24, 2.45) is 0 Å². The first-order valence-electron chi connectivity index (χ1n) is 20.7. The van der Waals surface area contributed by atoms with Crippen molar-refractivity contribution in [2.45, 2.75) is 12.8 Å². The third-order valence-corrected chi connectivity index (χ3v) is 11.9. The van der Waals surface area contributed by atoms with Gasteiger partial charge in [0.25, 0.3) is 0 Å². The summed E-state index contributed by atoms with van der Waals surface area (Å²) in [5.74, 6) is -0.0711. The summed E-state index contributed by atoms with van der Waals surface area (Å²) in [6.07, 6.45) is 4.62. The average molecular weight is 784 g/mol. The fourth-order valence-corrected chi connectivity index (χ4v) is 8.76. The number of para-hydroxylation sites is 1. The number of benzene rings is 8. The number of nitrogens with zero attached hydrogens (tertiary/aromatic N) is 1. The second kappa shape index (κ2) is 15.3. The van der Waals surface area contributed by atoms with Crippen LogP contribution in [-0.2, 0) is 0 Å². The average Bonchev–Trinajstić information content (AvgIpc) is 3.71. The molecule has 1 aromatic heterocycles. The number of hydrogen-bond acceptors (Lipinski definition) is 2. The molecular formula is C58H38FNO. The molecule has 0 atom stereocenters. The van der Waals surface area contributed by atoms with Crippen molar-refractivity contribution < 1.29 is 8.81 Å². The molecule has 0 radical (unpaired) electrons. The first-order valence-corrected chi connectivity index (χ1v) is 20.7. The maximum atomic E-state index is 14.0. The largest absolute Gasteiger partial charge is 0.456 e.